The first-order valence-corrected chi connectivity index (χ1v) is 6.95. The Hall–Kier alpha value is -2.47. The summed E-state index contributed by atoms with van der Waals surface area (Å²) < 4.78 is 26.5. The van der Waals surface area contributed by atoms with Crippen molar-refractivity contribution < 1.29 is 18.4 Å². The van der Waals surface area contributed by atoms with Gasteiger partial charge in [-0.05, 0) is 30.3 Å². The van der Waals surface area contributed by atoms with Crippen molar-refractivity contribution in [1.29, 1.82) is 0 Å². The summed E-state index contributed by atoms with van der Waals surface area (Å²) in [6.45, 7) is 0. The minimum absolute atomic E-state index is 0.160. The molecular weight excluding hydrogens is 326 g/mol. The highest BCUT2D eigenvalue weighted by Gasteiger charge is 2.16. The molecule has 1 N–H and O–H groups in total. The zero-order valence-corrected chi connectivity index (χ0v) is 13.1. The van der Waals surface area contributed by atoms with Crippen molar-refractivity contribution in [3.05, 3.63) is 64.2 Å². The molecule has 0 saturated heterocycles. The van der Waals surface area contributed by atoms with Gasteiger partial charge in [0.1, 0.15) is 11.6 Å². The molecule has 0 atom stereocenters. The van der Waals surface area contributed by atoms with Gasteiger partial charge in [-0.15, -0.1) is 0 Å². The van der Waals surface area contributed by atoms with Crippen molar-refractivity contribution in [2.45, 2.75) is 0 Å². The van der Waals surface area contributed by atoms with Crippen molar-refractivity contribution in [3.8, 4) is 0 Å². The molecule has 0 unspecified atom stereocenters. The number of benzene rings is 2. The molecule has 0 aliphatic heterocycles. The summed E-state index contributed by atoms with van der Waals surface area (Å²) in [7, 11) is 3.17. The number of carbonyl (C=O) groups excluding carboxylic acids is 2. The van der Waals surface area contributed by atoms with E-state index in [1.165, 1.54) is 23.1 Å². The zero-order chi connectivity index (χ0) is 17.1. The lowest BCUT2D eigenvalue weighted by Crippen LogP contribution is -2.22. The third-order valence-electron chi connectivity index (χ3n) is 3.04. The van der Waals surface area contributed by atoms with E-state index in [1.54, 1.807) is 14.1 Å². The molecule has 23 heavy (non-hydrogen) atoms. The molecule has 2 rings (SSSR count). The molecule has 2 amide bonds. The van der Waals surface area contributed by atoms with E-state index in [9.17, 15) is 18.4 Å². The number of carbonyl (C=O) groups is 2. The summed E-state index contributed by atoms with van der Waals surface area (Å²) in [6.07, 6.45) is 0. The highest BCUT2D eigenvalue weighted by atomic mass is 35.5. The van der Waals surface area contributed by atoms with Gasteiger partial charge in [0.05, 0.1) is 16.3 Å². The number of nitrogens with zero attached hydrogens (tertiary/aromatic N) is 1. The van der Waals surface area contributed by atoms with Crippen LogP contribution in [0.25, 0.3) is 0 Å². The predicted molar refractivity (Wildman–Crippen MR) is 83.8 cm³/mol. The van der Waals surface area contributed by atoms with Crippen LogP contribution in [-0.2, 0) is 0 Å². The lowest BCUT2D eigenvalue weighted by Gasteiger charge is -2.13. The van der Waals surface area contributed by atoms with Crippen LogP contribution in [-0.4, -0.2) is 30.8 Å². The number of amides is 2. The fraction of sp³-hybridized carbons (Fsp3) is 0.125. The van der Waals surface area contributed by atoms with Crippen molar-refractivity contribution >= 4 is 29.1 Å². The van der Waals surface area contributed by atoms with E-state index in [-0.39, 0.29) is 22.2 Å². The summed E-state index contributed by atoms with van der Waals surface area (Å²) >= 11 is 5.98. The van der Waals surface area contributed by atoms with Gasteiger partial charge in [0.15, 0.2) is 0 Å². The lowest BCUT2D eigenvalue weighted by molar-refractivity contribution is 0.0827. The van der Waals surface area contributed by atoms with E-state index < -0.39 is 17.5 Å². The van der Waals surface area contributed by atoms with Crippen molar-refractivity contribution in [1.82, 2.24) is 4.90 Å². The number of halogens is 3. The molecule has 0 heterocycles. The van der Waals surface area contributed by atoms with Crippen LogP contribution in [0.3, 0.4) is 0 Å². The van der Waals surface area contributed by atoms with E-state index in [0.717, 1.165) is 12.1 Å². The van der Waals surface area contributed by atoms with Crippen LogP contribution in [0.5, 0.6) is 0 Å². The molecule has 0 saturated carbocycles. The number of rotatable bonds is 3. The standard InChI is InChI=1S/C16H13ClF2N2O2/c1-21(2)16(23)9-3-6-12(17)14(7-9)20-15(22)11-5-4-10(18)8-13(11)19/h3-8H,1-2H3,(H,20,22). The Morgan fingerprint density at radius 3 is 2.39 bits per heavy atom. The topological polar surface area (TPSA) is 49.4 Å². The first-order chi connectivity index (χ1) is 10.8. The monoisotopic (exact) mass is 338 g/mol. The molecule has 0 spiro atoms. The summed E-state index contributed by atoms with van der Waals surface area (Å²) in [5, 5.41) is 2.61. The summed E-state index contributed by atoms with van der Waals surface area (Å²) in [5.74, 6) is -2.83. The molecule has 0 aromatic heterocycles. The van der Waals surface area contributed by atoms with E-state index in [2.05, 4.69) is 5.32 Å². The molecule has 0 fully saturated rings. The second kappa shape index (κ2) is 6.75. The van der Waals surface area contributed by atoms with Gasteiger partial charge in [-0.3, -0.25) is 9.59 Å². The number of anilines is 1. The van der Waals surface area contributed by atoms with Gasteiger partial charge in [0.25, 0.3) is 11.8 Å². The van der Waals surface area contributed by atoms with Crippen molar-refractivity contribution in [3.63, 3.8) is 0 Å². The number of hydrogen-bond donors (Lipinski definition) is 1. The normalized spacial score (nSPS) is 10.3. The predicted octanol–water partition coefficient (Wildman–Crippen LogP) is 3.57. The fourth-order valence-electron chi connectivity index (χ4n) is 1.88. The van der Waals surface area contributed by atoms with Crippen LogP contribution < -0.4 is 5.32 Å². The molecule has 2 aromatic rings. The molecule has 0 bridgehead atoms. The van der Waals surface area contributed by atoms with Crippen LogP contribution in [0.4, 0.5) is 14.5 Å². The maximum Gasteiger partial charge on any atom is 0.258 e. The number of hydrogen-bond acceptors (Lipinski definition) is 2. The first kappa shape index (κ1) is 16.9. The van der Waals surface area contributed by atoms with Crippen molar-refractivity contribution in [2.75, 3.05) is 19.4 Å². The van der Waals surface area contributed by atoms with Gasteiger partial charge in [-0.1, -0.05) is 11.6 Å². The Kier molecular flexibility index (Phi) is 4.95. The second-order valence-corrected chi connectivity index (χ2v) is 5.38. The highest BCUT2D eigenvalue weighted by Crippen LogP contribution is 2.24. The van der Waals surface area contributed by atoms with E-state index in [1.807, 2.05) is 0 Å². The minimum atomic E-state index is -0.987. The van der Waals surface area contributed by atoms with Gasteiger partial charge in [0.2, 0.25) is 0 Å². The summed E-state index contributed by atoms with van der Waals surface area (Å²) in [6, 6.07) is 6.98. The fourth-order valence-corrected chi connectivity index (χ4v) is 2.04. The first-order valence-electron chi connectivity index (χ1n) is 6.57. The average Bonchev–Trinajstić information content (AvgIpc) is 2.48. The zero-order valence-electron chi connectivity index (χ0n) is 12.4. The molecule has 7 heteroatoms. The Morgan fingerprint density at radius 1 is 1.09 bits per heavy atom. The van der Waals surface area contributed by atoms with Gasteiger partial charge in [-0.2, -0.15) is 0 Å². The van der Waals surface area contributed by atoms with Crippen LogP contribution in [0.1, 0.15) is 20.7 Å². The number of nitrogens with one attached hydrogen (secondary N) is 1. The van der Waals surface area contributed by atoms with Crippen LogP contribution in [0, 0.1) is 11.6 Å². The third kappa shape index (κ3) is 3.84. The average molecular weight is 339 g/mol. The summed E-state index contributed by atoms with van der Waals surface area (Å²) in [4.78, 5) is 25.4. The molecule has 120 valence electrons. The minimum Gasteiger partial charge on any atom is -0.345 e. The molecular formula is C16H13ClF2N2O2. The molecule has 0 aliphatic rings. The van der Waals surface area contributed by atoms with Crippen molar-refractivity contribution in [2.24, 2.45) is 0 Å². The lowest BCUT2D eigenvalue weighted by atomic mass is 10.1. The maximum atomic E-state index is 13.6. The maximum absolute atomic E-state index is 13.6. The van der Waals surface area contributed by atoms with Crippen LogP contribution in [0.2, 0.25) is 5.02 Å². The molecule has 2 aromatic carbocycles. The Morgan fingerprint density at radius 2 is 1.78 bits per heavy atom. The van der Waals surface area contributed by atoms with E-state index in [0.29, 0.717) is 11.6 Å². The Balaban J connectivity index is 2.30. The molecule has 4 nitrogen and oxygen atoms in total. The second-order valence-electron chi connectivity index (χ2n) is 4.97. The van der Waals surface area contributed by atoms with Gasteiger partial charge in [0, 0.05) is 25.7 Å². The molecule has 0 aliphatic carbocycles. The van der Waals surface area contributed by atoms with Gasteiger partial charge >= 0.3 is 0 Å². The van der Waals surface area contributed by atoms with Gasteiger partial charge in [-0.25, -0.2) is 8.78 Å². The van der Waals surface area contributed by atoms with E-state index in [4.69, 9.17) is 11.6 Å². The quantitative estimate of drug-likeness (QED) is 0.930. The third-order valence-corrected chi connectivity index (χ3v) is 3.37. The van der Waals surface area contributed by atoms with E-state index >= 15 is 0 Å². The SMILES string of the molecule is CN(C)C(=O)c1ccc(Cl)c(NC(=O)c2ccc(F)cc2F)c1. The summed E-state index contributed by atoms with van der Waals surface area (Å²) in [5.41, 5.74) is 0.147. The molecule has 0 radical (unpaired) electrons. The largest absolute Gasteiger partial charge is 0.345 e. The Bertz CT molecular complexity index is 779. The van der Waals surface area contributed by atoms with Crippen LogP contribution in [0.15, 0.2) is 36.4 Å². The van der Waals surface area contributed by atoms with Gasteiger partial charge < -0.3 is 10.2 Å². The smallest absolute Gasteiger partial charge is 0.258 e. The van der Waals surface area contributed by atoms with Crippen LogP contribution >= 0.6 is 11.6 Å². The Labute approximate surface area is 136 Å². The highest BCUT2D eigenvalue weighted by molar-refractivity contribution is 6.34.